The number of hydrogen-bond acceptors (Lipinski definition) is 9. The Bertz CT molecular complexity index is 1360. The highest BCUT2D eigenvalue weighted by Gasteiger charge is 2.35. The normalized spacial score (nSPS) is 18.3. The zero-order valence-corrected chi connectivity index (χ0v) is 32.6. The summed E-state index contributed by atoms with van der Waals surface area (Å²) >= 11 is 1.29. The molecular weight excluding hydrogens is 677 g/mol. The van der Waals surface area contributed by atoms with Crippen molar-refractivity contribution in [2.75, 3.05) is 32.4 Å². The summed E-state index contributed by atoms with van der Waals surface area (Å²) in [6.07, 6.45) is 13.4. The predicted molar refractivity (Wildman–Crippen MR) is 206 cm³/mol. The second-order valence-corrected chi connectivity index (χ2v) is 16.7. The minimum absolute atomic E-state index is 0.0591. The zero-order chi connectivity index (χ0) is 37.5. The lowest BCUT2D eigenvalue weighted by molar-refractivity contribution is -0.142. The Labute approximate surface area is 315 Å². The molecule has 0 bridgehead atoms. The number of likely N-dealkylation sites (N-methyl/N-ethyl adjacent to an activating group) is 1. The van der Waals surface area contributed by atoms with Crippen molar-refractivity contribution < 1.29 is 24.6 Å². The summed E-state index contributed by atoms with van der Waals surface area (Å²) in [4.78, 5) is 54.4. The predicted octanol–water partition coefficient (Wildman–Crippen LogP) is 5.39. The van der Waals surface area contributed by atoms with Crippen LogP contribution in [0.25, 0.3) is 0 Å². The van der Waals surface area contributed by atoms with Crippen LogP contribution in [0.15, 0.2) is 29.8 Å². The molecule has 2 heterocycles. The van der Waals surface area contributed by atoms with Gasteiger partial charge in [-0.1, -0.05) is 77.7 Å². The van der Waals surface area contributed by atoms with Crippen molar-refractivity contribution >= 4 is 34.2 Å². The van der Waals surface area contributed by atoms with Gasteiger partial charge in [0.1, 0.15) is 6.10 Å². The number of nitrogens with two attached hydrogens (primary N) is 1. The van der Waals surface area contributed by atoms with Gasteiger partial charge in [0.2, 0.25) is 17.7 Å². The fraction of sp³-hybridized carbons (Fsp3) is 0.725. The van der Waals surface area contributed by atoms with Crippen LogP contribution in [0.4, 0.5) is 5.13 Å². The van der Waals surface area contributed by atoms with Crippen molar-refractivity contribution in [2.24, 2.45) is 23.7 Å². The van der Waals surface area contributed by atoms with E-state index in [1.165, 1.54) is 30.6 Å². The van der Waals surface area contributed by atoms with Gasteiger partial charge in [0, 0.05) is 56.7 Å². The van der Waals surface area contributed by atoms with Crippen LogP contribution in [-0.4, -0.2) is 92.6 Å². The van der Waals surface area contributed by atoms with E-state index in [0.29, 0.717) is 55.0 Å². The molecule has 2 aromatic heterocycles. The number of hydrogen-bond donors (Lipinski definition) is 4. The lowest BCUT2D eigenvalue weighted by atomic mass is 9.82. The summed E-state index contributed by atoms with van der Waals surface area (Å²) in [5, 5.41) is 27.7. The number of nitrogens with zero attached hydrogens (tertiary/aromatic N) is 4. The van der Waals surface area contributed by atoms with Crippen LogP contribution in [0.5, 0.6) is 0 Å². The van der Waals surface area contributed by atoms with Gasteiger partial charge < -0.3 is 31.1 Å². The van der Waals surface area contributed by atoms with E-state index in [1.54, 1.807) is 23.0 Å². The summed E-state index contributed by atoms with van der Waals surface area (Å²) < 4.78 is 0. The number of aromatic nitrogens is 2. The molecule has 2 aromatic rings. The Morgan fingerprint density at radius 2 is 1.63 bits per heavy atom. The number of carbonyl (C=O) groups excluding carboxylic acids is 3. The lowest BCUT2D eigenvalue weighted by Gasteiger charge is -2.34. The van der Waals surface area contributed by atoms with Gasteiger partial charge in [-0.15, -0.1) is 11.3 Å². The molecule has 0 unspecified atom stereocenters. The van der Waals surface area contributed by atoms with E-state index < -0.39 is 24.2 Å². The number of pyridine rings is 1. The summed E-state index contributed by atoms with van der Waals surface area (Å²) in [5.74, 6) is -0.748. The molecule has 2 aliphatic rings. The number of amides is 3. The van der Waals surface area contributed by atoms with Crippen molar-refractivity contribution in [3.8, 4) is 0 Å². The molecule has 0 saturated heterocycles. The van der Waals surface area contributed by atoms with Gasteiger partial charge in [0.15, 0.2) is 5.13 Å². The van der Waals surface area contributed by atoms with E-state index in [-0.39, 0.29) is 43.0 Å². The van der Waals surface area contributed by atoms with Crippen LogP contribution in [-0.2, 0) is 27.2 Å². The third-order valence-electron chi connectivity index (χ3n) is 11.0. The van der Waals surface area contributed by atoms with Crippen molar-refractivity contribution in [2.45, 2.75) is 135 Å². The Kier molecular flexibility index (Phi) is 17.3. The van der Waals surface area contributed by atoms with E-state index >= 15 is 0 Å². The van der Waals surface area contributed by atoms with Crippen molar-refractivity contribution in [3.63, 3.8) is 0 Å². The number of nitrogens with one attached hydrogen (secondary N) is 1. The monoisotopic (exact) mass is 740 g/mol. The zero-order valence-electron chi connectivity index (χ0n) is 31.8. The van der Waals surface area contributed by atoms with Crippen molar-refractivity contribution in [1.29, 1.82) is 0 Å². The molecule has 2 saturated carbocycles. The number of rotatable bonds is 19. The minimum atomic E-state index is -1.13. The molecule has 290 valence electrons. The van der Waals surface area contributed by atoms with Gasteiger partial charge in [-0.2, -0.15) is 0 Å². The first-order chi connectivity index (χ1) is 25.0. The fourth-order valence-corrected chi connectivity index (χ4v) is 8.45. The highest BCUT2D eigenvalue weighted by molar-refractivity contribution is 7.13. The van der Waals surface area contributed by atoms with Gasteiger partial charge in [-0.3, -0.25) is 19.4 Å². The second kappa shape index (κ2) is 21.6. The van der Waals surface area contributed by atoms with E-state index in [9.17, 15) is 24.6 Å². The van der Waals surface area contributed by atoms with Crippen molar-refractivity contribution in [3.05, 3.63) is 41.2 Å². The lowest BCUT2D eigenvalue weighted by Crippen LogP contribution is -2.52. The largest absolute Gasteiger partial charge is 0.390 e. The fourth-order valence-electron chi connectivity index (χ4n) is 7.87. The van der Waals surface area contributed by atoms with Crippen LogP contribution in [0.3, 0.4) is 0 Å². The molecule has 5 N–H and O–H groups in total. The number of aliphatic hydroxyl groups excluding tert-OH is 2. The summed E-state index contributed by atoms with van der Waals surface area (Å²) in [5.41, 5.74) is 7.49. The first-order valence-corrected chi connectivity index (χ1v) is 20.6. The molecule has 0 radical (unpaired) electrons. The highest BCUT2D eigenvalue weighted by atomic mass is 32.1. The van der Waals surface area contributed by atoms with E-state index in [2.05, 4.69) is 15.3 Å². The van der Waals surface area contributed by atoms with Crippen molar-refractivity contribution in [1.82, 2.24) is 25.1 Å². The van der Waals surface area contributed by atoms with Gasteiger partial charge >= 0.3 is 0 Å². The van der Waals surface area contributed by atoms with Crippen LogP contribution < -0.4 is 11.1 Å². The average molecular weight is 741 g/mol. The van der Waals surface area contributed by atoms with Gasteiger partial charge in [-0.05, 0) is 55.6 Å². The average Bonchev–Trinajstić information content (AvgIpc) is 3.36. The topological polar surface area (TPSA) is 162 Å². The Hall–Kier alpha value is -3.09. The molecule has 0 aromatic carbocycles. The van der Waals surface area contributed by atoms with Crippen LogP contribution in [0.1, 0.15) is 115 Å². The Morgan fingerprint density at radius 1 is 0.962 bits per heavy atom. The standard InChI is InChI=1S/C40H64N6O5S/c1-28(2)21-35(47)38(50)34(22-29-13-9-6-10-14-29)44-39(51)31(23-33-27-52-40(41)43-33)24-36(48)46(25-30-15-7-4-5-8-16-30)26-37(49)45(3)20-18-32-17-11-12-19-42-32/h11-12,17,19,27-31,34-35,38,47,50H,4-10,13-16,18,20-26H2,1-3H3,(H2,41,43)(H,44,51)/t31-,34+,35+,38-/m1/s1. The number of carbonyl (C=O) groups is 3. The summed E-state index contributed by atoms with van der Waals surface area (Å²) in [6.45, 7) is 4.88. The molecule has 0 spiro atoms. The highest BCUT2D eigenvalue weighted by Crippen LogP contribution is 2.30. The first-order valence-electron chi connectivity index (χ1n) is 19.8. The molecule has 12 heteroatoms. The number of thiazole rings is 1. The molecule has 0 aliphatic heterocycles. The maximum absolute atomic E-state index is 14.3. The molecule has 2 aliphatic carbocycles. The van der Waals surface area contributed by atoms with Gasteiger partial charge in [0.05, 0.1) is 30.3 Å². The van der Waals surface area contributed by atoms with Gasteiger partial charge in [0.25, 0.3) is 0 Å². The SMILES string of the molecule is CC(C)C[C@H](O)[C@H](O)[C@H](CC1CCCCC1)NC(=O)[C@@H](CC(=O)N(CC(=O)N(C)CCc1ccccn1)CC1CCCCCC1)Cc1csc(N)n1. The molecule has 4 atom stereocenters. The third-order valence-corrected chi connectivity index (χ3v) is 11.7. The molecule has 11 nitrogen and oxygen atoms in total. The number of nitrogen functional groups attached to an aromatic ring is 1. The quantitative estimate of drug-likeness (QED) is 0.139. The molecular formula is C40H64N6O5S. The second-order valence-electron chi connectivity index (χ2n) is 15.8. The van der Waals surface area contributed by atoms with Crippen LogP contribution in [0.2, 0.25) is 0 Å². The number of aliphatic hydroxyl groups is 2. The third kappa shape index (κ3) is 14.0. The maximum atomic E-state index is 14.3. The molecule has 52 heavy (non-hydrogen) atoms. The van der Waals surface area contributed by atoms with E-state index in [4.69, 9.17) is 5.73 Å². The maximum Gasteiger partial charge on any atom is 0.241 e. The molecule has 2 fully saturated rings. The van der Waals surface area contributed by atoms with E-state index in [1.807, 2.05) is 37.4 Å². The van der Waals surface area contributed by atoms with Crippen LogP contribution in [0, 0.1) is 23.7 Å². The molecule has 4 rings (SSSR count). The number of anilines is 1. The van der Waals surface area contributed by atoms with Crippen LogP contribution >= 0.6 is 11.3 Å². The minimum Gasteiger partial charge on any atom is -0.390 e. The smallest absolute Gasteiger partial charge is 0.241 e. The summed E-state index contributed by atoms with van der Waals surface area (Å²) in [6, 6.07) is 5.07. The van der Waals surface area contributed by atoms with Gasteiger partial charge in [-0.25, -0.2) is 4.98 Å². The van der Waals surface area contributed by atoms with E-state index in [0.717, 1.165) is 57.1 Å². The molecule has 3 amide bonds. The summed E-state index contributed by atoms with van der Waals surface area (Å²) in [7, 11) is 1.76. The Morgan fingerprint density at radius 3 is 2.25 bits per heavy atom. The first kappa shape index (κ1) is 41.7. The Balaban J connectivity index is 1.53.